The molecule has 17 heavy (non-hydrogen) atoms. The van der Waals surface area contributed by atoms with Crippen molar-refractivity contribution in [2.45, 2.75) is 16.5 Å². The minimum absolute atomic E-state index is 0.0356. The van der Waals surface area contributed by atoms with Crippen molar-refractivity contribution in [3.63, 3.8) is 0 Å². The molecule has 0 aliphatic carbocycles. The van der Waals surface area contributed by atoms with Crippen LogP contribution in [0.15, 0.2) is 50.9 Å². The molecule has 0 radical (unpaired) electrons. The molecular formula is C12H9BrClNOS. The summed E-state index contributed by atoms with van der Waals surface area (Å²) in [5.41, 5.74) is 0.869. The van der Waals surface area contributed by atoms with Crippen molar-refractivity contribution in [1.82, 2.24) is 4.98 Å². The second-order valence-corrected chi connectivity index (χ2v) is 5.61. The Kier molecular flexibility index (Phi) is 4.45. The van der Waals surface area contributed by atoms with Gasteiger partial charge in [-0.05, 0) is 45.8 Å². The maximum atomic E-state index is 9.03. The van der Waals surface area contributed by atoms with E-state index in [0.717, 1.165) is 20.0 Å². The van der Waals surface area contributed by atoms with Gasteiger partial charge in [-0.15, -0.1) is 0 Å². The standard InChI is InChI=1S/C12H9BrClNOS/c13-9-6-8(7-16)3-4-11(9)17-12-10(14)2-1-5-15-12/h1-6,16H,7H2. The van der Waals surface area contributed by atoms with Gasteiger partial charge in [0.1, 0.15) is 5.03 Å². The van der Waals surface area contributed by atoms with Crippen molar-refractivity contribution in [2.75, 3.05) is 0 Å². The van der Waals surface area contributed by atoms with Crippen molar-refractivity contribution in [2.24, 2.45) is 0 Å². The Morgan fingerprint density at radius 3 is 2.82 bits per heavy atom. The first-order valence-corrected chi connectivity index (χ1v) is 6.87. The number of pyridine rings is 1. The molecule has 2 aromatic rings. The number of aliphatic hydroxyl groups excluding tert-OH is 1. The van der Waals surface area contributed by atoms with Crippen LogP contribution in [0.1, 0.15) is 5.56 Å². The number of aromatic nitrogens is 1. The van der Waals surface area contributed by atoms with Crippen molar-refractivity contribution < 1.29 is 5.11 Å². The summed E-state index contributed by atoms with van der Waals surface area (Å²) < 4.78 is 0.927. The Hall–Kier alpha value is -0.550. The minimum atomic E-state index is 0.0356. The van der Waals surface area contributed by atoms with Crippen molar-refractivity contribution in [3.8, 4) is 0 Å². The van der Waals surface area contributed by atoms with Crippen molar-refractivity contribution in [1.29, 1.82) is 0 Å². The van der Waals surface area contributed by atoms with Crippen LogP contribution >= 0.6 is 39.3 Å². The highest BCUT2D eigenvalue weighted by Crippen LogP contribution is 2.36. The fourth-order valence-corrected chi connectivity index (χ4v) is 2.96. The predicted molar refractivity (Wildman–Crippen MR) is 73.4 cm³/mol. The number of hydrogen-bond donors (Lipinski definition) is 1. The summed E-state index contributed by atoms with van der Waals surface area (Å²) in [7, 11) is 0. The van der Waals surface area contributed by atoms with Crippen LogP contribution in [0.4, 0.5) is 0 Å². The van der Waals surface area contributed by atoms with E-state index in [1.807, 2.05) is 24.3 Å². The average Bonchev–Trinajstić information content (AvgIpc) is 2.34. The lowest BCUT2D eigenvalue weighted by Crippen LogP contribution is -1.85. The summed E-state index contributed by atoms with van der Waals surface area (Å²) in [5.74, 6) is 0. The van der Waals surface area contributed by atoms with E-state index in [0.29, 0.717) is 5.02 Å². The van der Waals surface area contributed by atoms with Crippen LogP contribution in [-0.2, 0) is 6.61 Å². The van der Waals surface area contributed by atoms with Crippen LogP contribution in [0.25, 0.3) is 0 Å². The molecule has 2 nitrogen and oxygen atoms in total. The van der Waals surface area contributed by atoms with Gasteiger partial charge in [-0.2, -0.15) is 0 Å². The van der Waals surface area contributed by atoms with Gasteiger partial charge in [0.2, 0.25) is 0 Å². The van der Waals surface area contributed by atoms with Gasteiger partial charge in [0.15, 0.2) is 0 Å². The van der Waals surface area contributed by atoms with E-state index in [9.17, 15) is 0 Å². The van der Waals surface area contributed by atoms with Gasteiger partial charge in [-0.3, -0.25) is 0 Å². The molecular weight excluding hydrogens is 322 g/mol. The lowest BCUT2D eigenvalue weighted by molar-refractivity contribution is 0.281. The highest BCUT2D eigenvalue weighted by Gasteiger charge is 2.07. The molecule has 1 aromatic heterocycles. The van der Waals surface area contributed by atoms with E-state index in [4.69, 9.17) is 16.7 Å². The molecule has 0 saturated heterocycles. The van der Waals surface area contributed by atoms with Crippen molar-refractivity contribution in [3.05, 3.63) is 51.6 Å². The third kappa shape index (κ3) is 3.22. The fraction of sp³-hybridized carbons (Fsp3) is 0.0833. The highest BCUT2D eigenvalue weighted by atomic mass is 79.9. The Morgan fingerprint density at radius 1 is 1.35 bits per heavy atom. The lowest BCUT2D eigenvalue weighted by Gasteiger charge is -2.06. The largest absolute Gasteiger partial charge is 0.392 e. The van der Waals surface area contributed by atoms with Gasteiger partial charge in [0.05, 0.1) is 11.6 Å². The Bertz CT molecular complexity index is 536. The molecule has 0 aliphatic heterocycles. The van der Waals surface area contributed by atoms with Gasteiger partial charge in [-0.1, -0.05) is 29.4 Å². The second-order valence-electron chi connectivity index (χ2n) is 3.32. The molecule has 1 N–H and O–H groups in total. The van der Waals surface area contributed by atoms with Gasteiger partial charge >= 0.3 is 0 Å². The topological polar surface area (TPSA) is 33.1 Å². The number of rotatable bonds is 3. The van der Waals surface area contributed by atoms with E-state index >= 15 is 0 Å². The molecule has 0 saturated carbocycles. The molecule has 0 bridgehead atoms. The molecule has 5 heteroatoms. The molecule has 1 heterocycles. The van der Waals surface area contributed by atoms with E-state index in [2.05, 4.69) is 20.9 Å². The van der Waals surface area contributed by atoms with Crippen LogP contribution in [0.5, 0.6) is 0 Å². The van der Waals surface area contributed by atoms with Crippen LogP contribution in [0.3, 0.4) is 0 Å². The monoisotopic (exact) mass is 329 g/mol. The van der Waals surface area contributed by atoms with Gasteiger partial charge in [0.25, 0.3) is 0 Å². The molecule has 0 amide bonds. The normalized spacial score (nSPS) is 10.5. The second kappa shape index (κ2) is 5.87. The van der Waals surface area contributed by atoms with E-state index < -0.39 is 0 Å². The third-order valence-electron chi connectivity index (χ3n) is 2.11. The Labute approximate surface area is 117 Å². The maximum absolute atomic E-state index is 9.03. The molecule has 0 aliphatic rings. The van der Waals surface area contributed by atoms with E-state index in [1.54, 1.807) is 12.3 Å². The number of halogens is 2. The molecule has 88 valence electrons. The SMILES string of the molecule is OCc1ccc(Sc2ncccc2Cl)c(Br)c1. The summed E-state index contributed by atoms with van der Waals surface area (Å²) in [5, 5.41) is 10.4. The zero-order chi connectivity index (χ0) is 12.3. The Morgan fingerprint density at radius 2 is 2.18 bits per heavy atom. The van der Waals surface area contributed by atoms with E-state index in [-0.39, 0.29) is 6.61 Å². The zero-order valence-corrected chi connectivity index (χ0v) is 11.9. The quantitative estimate of drug-likeness (QED) is 0.918. The minimum Gasteiger partial charge on any atom is -0.392 e. The number of benzene rings is 1. The van der Waals surface area contributed by atoms with Gasteiger partial charge in [0, 0.05) is 15.6 Å². The first-order valence-electron chi connectivity index (χ1n) is 4.88. The number of hydrogen-bond acceptors (Lipinski definition) is 3. The predicted octanol–water partition coefficient (Wildman–Crippen LogP) is 4.14. The van der Waals surface area contributed by atoms with Crippen LogP contribution in [0, 0.1) is 0 Å². The maximum Gasteiger partial charge on any atom is 0.119 e. The molecule has 0 atom stereocenters. The van der Waals surface area contributed by atoms with Crippen LogP contribution < -0.4 is 0 Å². The van der Waals surface area contributed by atoms with Gasteiger partial charge in [-0.25, -0.2) is 4.98 Å². The summed E-state index contributed by atoms with van der Waals surface area (Å²) in [6.07, 6.45) is 1.71. The first kappa shape index (κ1) is 12.9. The van der Waals surface area contributed by atoms with Crippen LogP contribution in [0.2, 0.25) is 5.02 Å². The lowest BCUT2D eigenvalue weighted by atomic mass is 10.2. The van der Waals surface area contributed by atoms with Gasteiger partial charge < -0.3 is 5.11 Å². The molecule has 0 spiro atoms. The molecule has 0 fully saturated rings. The summed E-state index contributed by atoms with van der Waals surface area (Å²) in [6, 6.07) is 9.32. The van der Waals surface area contributed by atoms with Crippen molar-refractivity contribution >= 4 is 39.3 Å². The summed E-state index contributed by atoms with van der Waals surface area (Å²) >= 11 is 11.0. The van der Waals surface area contributed by atoms with Crippen LogP contribution in [-0.4, -0.2) is 10.1 Å². The summed E-state index contributed by atoms with van der Waals surface area (Å²) in [6.45, 7) is 0.0356. The third-order valence-corrected chi connectivity index (χ3v) is 4.54. The number of aliphatic hydroxyl groups is 1. The first-order chi connectivity index (χ1) is 8.20. The zero-order valence-electron chi connectivity index (χ0n) is 8.73. The molecule has 1 aromatic carbocycles. The fourth-order valence-electron chi connectivity index (χ4n) is 1.28. The summed E-state index contributed by atoms with van der Waals surface area (Å²) in [4.78, 5) is 5.23. The highest BCUT2D eigenvalue weighted by molar-refractivity contribution is 9.10. The Balaban J connectivity index is 2.28. The molecule has 2 rings (SSSR count). The smallest absolute Gasteiger partial charge is 0.119 e. The average molecular weight is 331 g/mol. The number of nitrogens with zero attached hydrogens (tertiary/aromatic N) is 1. The van der Waals surface area contributed by atoms with E-state index in [1.165, 1.54) is 11.8 Å². The molecule has 0 unspecified atom stereocenters.